The molecular formula is C41H55F6N5O6. The number of hydrogen-bond donors (Lipinski definition) is 1. The van der Waals surface area contributed by atoms with Gasteiger partial charge >= 0.3 is 24.3 Å². The van der Waals surface area contributed by atoms with Gasteiger partial charge in [-0.05, 0) is 110 Å². The Morgan fingerprint density at radius 3 is 1.98 bits per heavy atom. The highest BCUT2D eigenvalue weighted by molar-refractivity contribution is 5.87. The van der Waals surface area contributed by atoms with E-state index in [1.54, 1.807) is 46.4 Å². The lowest BCUT2D eigenvalue weighted by Gasteiger charge is -2.41. The van der Waals surface area contributed by atoms with E-state index in [2.05, 4.69) is 15.3 Å². The molecule has 0 radical (unpaired) electrons. The van der Waals surface area contributed by atoms with Gasteiger partial charge in [0, 0.05) is 51.5 Å². The van der Waals surface area contributed by atoms with Crippen LogP contribution >= 0.6 is 0 Å². The summed E-state index contributed by atoms with van der Waals surface area (Å²) in [5.41, 5.74) is -1.64. The van der Waals surface area contributed by atoms with Crippen molar-refractivity contribution in [1.29, 1.82) is 0 Å². The predicted molar refractivity (Wildman–Crippen MR) is 204 cm³/mol. The van der Waals surface area contributed by atoms with Crippen LogP contribution in [-0.2, 0) is 47.4 Å². The number of carbonyl (C=O) groups is 4. The fourth-order valence-corrected chi connectivity index (χ4v) is 6.89. The van der Waals surface area contributed by atoms with Gasteiger partial charge in [0.25, 0.3) is 0 Å². The molecule has 2 saturated heterocycles. The smallest absolute Gasteiger partial charge is 0.451 e. The Morgan fingerprint density at radius 2 is 1.43 bits per heavy atom. The number of Topliss-reactive ketones (excluding diaryl/α,β-unsaturated/α-hetero) is 1. The molecule has 0 unspecified atom stereocenters. The summed E-state index contributed by atoms with van der Waals surface area (Å²) in [6.45, 7) is 11.7. The number of nitrogens with one attached hydrogen (secondary N) is 1. The van der Waals surface area contributed by atoms with Crippen LogP contribution < -0.4 is 15.1 Å². The van der Waals surface area contributed by atoms with Crippen molar-refractivity contribution in [2.75, 3.05) is 36.0 Å². The third-order valence-corrected chi connectivity index (χ3v) is 9.90. The van der Waals surface area contributed by atoms with E-state index in [0.717, 1.165) is 12.1 Å². The summed E-state index contributed by atoms with van der Waals surface area (Å²) < 4.78 is 91.5. The van der Waals surface area contributed by atoms with E-state index < -0.39 is 64.7 Å². The topological polar surface area (TPSA) is 131 Å². The first-order valence-corrected chi connectivity index (χ1v) is 19.8. The lowest BCUT2D eigenvalue weighted by Crippen LogP contribution is -2.57. The SMILES string of the molecule is CC(C)(C)OC(=O)CC[C@H](CC(=O)CCCC1CCN(c2cc(N3CC[C@H]3C(=O)NCCc3ccc(C(F)(F)F)cc3)nc(C(F)(F)F)n2)CC1)C(=O)OC(C)(C)C. The van der Waals surface area contributed by atoms with Gasteiger partial charge in [-0.3, -0.25) is 19.2 Å². The maximum atomic E-state index is 14.0. The first-order chi connectivity index (χ1) is 26.9. The molecule has 1 aromatic heterocycles. The fourth-order valence-electron chi connectivity index (χ4n) is 6.89. The zero-order valence-electron chi connectivity index (χ0n) is 34.0. The third kappa shape index (κ3) is 14.4. The van der Waals surface area contributed by atoms with Crippen molar-refractivity contribution >= 4 is 35.3 Å². The normalized spacial score (nSPS) is 17.3. The van der Waals surface area contributed by atoms with E-state index in [1.165, 1.54) is 23.1 Å². The average molecular weight is 828 g/mol. The summed E-state index contributed by atoms with van der Waals surface area (Å²) in [7, 11) is 0. The molecule has 2 fully saturated rings. The maximum Gasteiger partial charge on any atom is 0.451 e. The van der Waals surface area contributed by atoms with Crippen LogP contribution in [0, 0.1) is 11.8 Å². The second-order valence-electron chi connectivity index (χ2n) is 17.1. The first kappa shape index (κ1) is 46.3. The van der Waals surface area contributed by atoms with Gasteiger partial charge in [-0.2, -0.15) is 26.3 Å². The minimum atomic E-state index is -4.84. The van der Waals surface area contributed by atoms with Gasteiger partial charge in [0.2, 0.25) is 11.7 Å². The van der Waals surface area contributed by atoms with Crippen LogP contribution in [-0.4, -0.2) is 77.0 Å². The number of amides is 1. The average Bonchev–Trinajstić information content (AvgIpc) is 3.07. The van der Waals surface area contributed by atoms with Crippen LogP contribution in [0.1, 0.15) is 116 Å². The van der Waals surface area contributed by atoms with Crippen LogP contribution in [0.25, 0.3) is 0 Å². The fraction of sp³-hybridized carbons (Fsp3) is 0.659. The molecule has 11 nitrogen and oxygen atoms in total. The van der Waals surface area contributed by atoms with E-state index in [1.807, 2.05) is 0 Å². The van der Waals surface area contributed by atoms with E-state index in [0.29, 0.717) is 57.3 Å². The summed E-state index contributed by atoms with van der Waals surface area (Å²) in [5, 5.41) is 2.73. The molecular weight excluding hydrogens is 772 g/mol. The monoisotopic (exact) mass is 827 g/mol. The number of hydrogen-bond acceptors (Lipinski definition) is 10. The minimum Gasteiger partial charge on any atom is -0.460 e. The number of ether oxygens (including phenoxy) is 2. The quantitative estimate of drug-likeness (QED) is 0.132. The molecule has 0 aliphatic carbocycles. The molecule has 1 aromatic carbocycles. The maximum absolute atomic E-state index is 14.0. The zero-order valence-corrected chi connectivity index (χ0v) is 34.0. The lowest BCUT2D eigenvalue weighted by molar-refractivity contribution is -0.162. The molecule has 17 heteroatoms. The first-order valence-electron chi connectivity index (χ1n) is 19.8. The number of halogens is 6. The Balaban J connectivity index is 1.28. The number of benzene rings is 1. The van der Waals surface area contributed by atoms with E-state index in [9.17, 15) is 45.5 Å². The molecule has 4 rings (SSSR count). The summed E-state index contributed by atoms with van der Waals surface area (Å²) in [5.74, 6) is -3.37. The molecule has 2 aliphatic rings. The van der Waals surface area contributed by atoms with E-state index in [4.69, 9.17) is 9.47 Å². The number of anilines is 2. The summed E-state index contributed by atoms with van der Waals surface area (Å²) >= 11 is 0. The molecule has 1 amide bonds. The van der Waals surface area contributed by atoms with Crippen LogP contribution in [0.2, 0.25) is 0 Å². The van der Waals surface area contributed by atoms with E-state index in [-0.39, 0.29) is 62.0 Å². The van der Waals surface area contributed by atoms with Crippen molar-refractivity contribution in [3.63, 3.8) is 0 Å². The van der Waals surface area contributed by atoms with Crippen molar-refractivity contribution in [2.45, 2.75) is 135 Å². The Hall–Kier alpha value is -4.44. The van der Waals surface area contributed by atoms with Gasteiger partial charge in [0.1, 0.15) is 34.7 Å². The van der Waals surface area contributed by atoms with Gasteiger partial charge < -0.3 is 24.6 Å². The second kappa shape index (κ2) is 19.1. The molecule has 0 spiro atoms. The number of rotatable bonds is 16. The molecule has 3 heterocycles. The van der Waals surface area contributed by atoms with Gasteiger partial charge in [-0.15, -0.1) is 0 Å². The molecule has 322 valence electrons. The standard InChI is InChI=1S/C41H55F6N5O6/c1-38(2,3)57-34(54)15-12-28(36(56)58-39(4,5)6)24-30(53)9-7-8-26-17-21-51(22-18-26)32-25-33(50-37(49-32)41(45,46)47)52-23-19-31(52)35(55)48-20-16-27-10-13-29(14-11-27)40(42,43)44/h10-11,13-14,25-26,28,31H,7-9,12,15-24H2,1-6H3,(H,48,55)/t28-,31+/m1/s1. The molecule has 58 heavy (non-hydrogen) atoms. The van der Waals surface area contributed by atoms with Gasteiger partial charge in [0.05, 0.1) is 11.5 Å². The highest BCUT2D eigenvalue weighted by atomic mass is 19.4. The largest absolute Gasteiger partial charge is 0.460 e. The number of nitrogens with zero attached hydrogens (tertiary/aromatic N) is 4. The van der Waals surface area contributed by atoms with Crippen molar-refractivity contribution in [3.05, 3.63) is 47.3 Å². The van der Waals surface area contributed by atoms with Crippen molar-refractivity contribution in [1.82, 2.24) is 15.3 Å². The van der Waals surface area contributed by atoms with Crippen LogP contribution in [0.3, 0.4) is 0 Å². The van der Waals surface area contributed by atoms with Crippen LogP contribution in [0.5, 0.6) is 0 Å². The molecule has 0 bridgehead atoms. The number of ketones is 1. The Bertz CT molecular complexity index is 1730. The number of aromatic nitrogens is 2. The second-order valence-corrected chi connectivity index (χ2v) is 17.1. The van der Waals surface area contributed by atoms with Crippen molar-refractivity contribution < 1.29 is 55.0 Å². The summed E-state index contributed by atoms with van der Waals surface area (Å²) in [6, 6.07) is 5.29. The van der Waals surface area contributed by atoms with Gasteiger partial charge in [-0.25, -0.2) is 9.97 Å². The van der Waals surface area contributed by atoms with Gasteiger partial charge in [-0.1, -0.05) is 12.1 Å². The number of alkyl halides is 6. The third-order valence-electron chi connectivity index (χ3n) is 9.90. The minimum absolute atomic E-state index is 0.0251. The summed E-state index contributed by atoms with van der Waals surface area (Å²) in [4.78, 5) is 62.1. The predicted octanol–water partition coefficient (Wildman–Crippen LogP) is 7.88. The highest BCUT2D eigenvalue weighted by Crippen LogP contribution is 2.35. The van der Waals surface area contributed by atoms with E-state index >= 15 is 0 Å². The van der Waals surface area contributed by atoms with Crippen molar-refractivity contribution in [2.24, 2.45) is 11.8 Å². The summed E-state index contributed by atoms with van der Waals surface area (Å²) in [6.07, 6.45) is -5.80. The highest BCUT2D eigenvalue weighted by Gasteiger charge is 2.40. The zero-order chi connectivity index (χ0) is 43.1. The number of piperidine rings is 1. The number of esters is 2. The molecule has 2 aliphatic heterocycles. The molecule has 1 N–H and O–H groups in total. The Kier molecular flexibility index (Phi) is 15.2. The number of carbonyl (C=O) groups excluding carboxylic acids is 4. The van der Waals surface area contributed by atoms with Crippen LogP contribution in [0.4, 0.5) is 38.0 Å². The Labute approximate surface area is 335 Å². The molecule has 2 aromatic rings. The molecule has 0 saturated carbocycles. The lowest BCUT2D eigenvalue weighted by atomic mass is 9.89. The van der Waals surface area contributed by atoms with Crippen LogP contribution in [0.15, 0.2) is 30.3 Å². The van der Waals surface area contributed by atoms with Crippen molar-refractivity contribution in [3.8, 4) is 0 Å². The Morgan fingerprint density at radius 1 is 0.810 bits per heavy atom. The van der Waals surface area contributed by atoms with Gasteiger partial charge in [0.15, 0.2) is 0 Å². The molecule has 2 atom stereocenters.